The summed E-state index contributed by atoms with van der Waals surface area (Å²) in [6.07, 6.45) is -8.91. The van der Waals surface area contributed by atoms with E-state index in [0.717, 1.165) is 24.3 Å². The standard InChI is InChI=1S/C24H20F6N4O/c1-15-14-20(32-21(31-15)16-2-6-18(7-3-16)23(25,26)27)33-10-12-34(13-11-33)22(35)17-4-8-19(9-5-17)24(28,29)30/h2-9,14H,10-13H2,1H3. The summed E-state index contributed by atoms with van der Waals surface area (Å²) in [5.41, 5.74) is -0.328. The summed E-state index contributed by atoms with van der Waals surface area (Å²) in [5.74, 6) is 0.508. The van der Waals surface area contributed by atoms with Crippen molar-refractivity contribution in [1.82, 2.24) is 14.9 Å². The van der Waals surface area contributed by atoms with Gasteiger partial charge in [-0.15, -0.1) is 0 Å². The molecule has 0 bridgehead atoms. The Bertz CT molecular complexity index is 1200. The number of nitrogens with zero attached hydrogens (tertiary/aromatic N) is 4. The van der Waals surface area contributed by atoms with E-state index in [1.165, 1.54) is 24.3 Å². The number of amides is 1. The Hall–Kier alpha value is -3.63. The van der Waals surface area contributed by atoms with Crippen molar-refractivity contribution in [3.05, 3.63) is 77.0 Å². The normalized spacial score (nSPS) is 14.8. The van der Waals surface area contributed by atoms with Crippen LogP contribution in [0.2, 0.25) is 0 Å². The molecule has 4 rings (SSSR count). The minimum absolute atomic E-state index is 0.175. The maximum Gasteiger partial charge on any atom is 0.416 e. The van der Waals surface area contributed by atoms with E-state index in [1.54, 1.807) is 17.9 Å². The molecule has 1 aromatic heterocycles. The first-order valence-electron chi connectivity index (χ1n) is 10.7. The molecule has 5 nitrogen and oxygen atoms in total. The van der Waals surface area contributed by atoms with E-state index in [0.29, 0.717) is 43.3 Å². The number of carbonyl (C=O) groups is 1. The van der Waals surface area contributed by atoms with Crippen molar-refractivity contribution in [3.8, 4) is 11.4 Å². The van der Waals surface area contributed by atoms with Gasteiger partial charge in [0.2, 0.25) is 0 Å². The number of aromatic nitrogens is 2. The highest BCUT2D eigenvalue weighted by molar-refractivity contribution is 5.94. The van der Waals surface area contributed by atoms with Crippen LogP contribution in [0.5, 0.6) is 0 Å². The molecule has 1 fully saturated rings. The van der Waals surface area contributed by atoms with Gasteiger partial charge in [-0.2, -0.15) is 26.3 Å². The molecule has 11 heteroatoms. The van der Waals surface area contributed by atoms with Crippen LogP contribution in [0.3, 0.4) is 0 Å². The Labute approximate surface area is 197 Å². The van der Waals surface area contributed by atoms with Crippen molar-refractivity contribution in [1.29, 1.82) is 0 Å². The molecule has 0 unspecified atom stereocenters. The first-order chi connectivity index (χ1) is 16.4. The first kappa shape index (κ1) is 24.5. The second-order valence-corrected chi connectivity index (χ2v) is 8.12. The van der Waals surface area contributed by atoms with E-state index < -0.39 is 23.5 Å². The molecule has 2 aromatic carbocycles. The molecule has 0 radical (unpaired) electrons. The smallest absolute Gasteiger partial charge is 0.353 e. The van der Waals surface area contributed by atoms with Crippen LogP contribution in [-0.2, 0) is 12.4 Å². The number of anilines is 1. The van der Waals surface area contributed by atoms with Crippen molar-refractivity contribution < 1.29 is 31.1 Å². The van der Waals surface area contributed by atoms with Crippen LogP contribution in [0.25, 0.3) is 11.4 Å². The summed E-state index contributed by atoms with van der Waals surface area (Å²) in [4.78, 5) is 25.0. The summed E-state index contributed by atoms with van der Waals surface area (Å²) in [5, 5.41) is 0. The Kier molecular flexibility index (Phi) is 6.44. The SMILES string of the molecule is Cc1cc(N2CCN(C(=O)c3ccc(C(F)(F)F)cc3)CC2)nc(-c2ccc(C(F)(F)F)cc2)n1. The predicted octanol–water partition coefficient (Wildman–Crippen LogP) is 5.45. The quantitative estimate of drug-likeness (QED) is 0.455. The second-order valence-electron chi connectivity index (χ2n) is 8.12. The number of rotatable bonds is 3. The van der Waals surface area contributed by atoms with Crippen LogP contribution in [0.1, 0.15) is 27.2 Å². The van der Waals surface area contributed by atoms with Gasteiger partial charge in [-0.1, -0.05) is 12.1 Å². The average molecular weight is 494 g/mol. The second kappa shape index (κ2) is 9.20. The van der Waals surface area contributed by atoms with Gasteiger partial charge < -0.3 is 9.80 Å². The monoisotopic (exact) mass is 494 g/mol. The Morgan fingerprint density at radius 2 is 1.29 bits per heavy atom. The van der Waals surface area contributed by atoms with Crippen molar-refractivity contribution in [3.63, 3.8) is 0 Å². The number of hydrogen-bond donors (Lipinski definition) is 0. The molecular weight excluding hydrogens is 474 g/mol. The molecule has 184 valence electrons. The zero-order valence-electron chi connectivity index (χ0n) is 18.5. The third-order valence-electron chi connectivity index (χ3n) is 5.66. The van der Waals surface area contributed by atoms with Gasteiger partial charge in [0, 0.05) is 49.1 Å². The molecule has 2 heterocycles. The average Bonchev–Trinajstić information content (AvgIpc) is 2.82. The highest BCUT2D eigenvalue weighted by atomic mass is 19.4. The van der Waals surface area contributed by atoms with Crippen LogP contribution in [0, 0.1) is 6.92 Å². The fourth-order valence-electron chi connectivity index (χ4n) is 3.77. The van der Waals surface area contributed by atoms with Crippen molar-refractivity contribution in [2.45, 2.75) is 19.3 Å². The van der Waals surface area contributed by atoms with Crippen LogP contribution in [0.15, 0.2) is 54.6 Å². The molecule has 3 aromatic rings. The number of hydrogen-bond acceptors (Lipinski definition) is 4. The molecule has 1 aliphatic rings. The van der Waals surface area contributed by atoms with Crippen molar-refractivity contribution in [2.24, 2.45) is 0 Å². The molecule has 0 spiro atoms. The molecule has 1 saturated heterocycles. The zero-order valence-corrected chi connectivity index (χ0v) is 18.5. The predicted molar refractivity (Wildman–Crippen MR) is 117 cm³/mol. The number of benzene rings is 2. The topological polar surface area (TPSA) is 49.3 Å². The lowest BCUT2D eigenvalue weighted by Crippen LogP contribution is -2.49. The third kappa shape index (κ3) is 5.55. The van der Waals surface area contributed by atoms with Crippen LogP contribution in [0.4, 0.5) is 32.2 Å². The van der Waals surface area contributed by atoms with Crippen LogP contribution < -0.4 is 4.90 Å². The van der Waals surface area contributed by atoms with Gasteiger partial charge in [0.15, 0.2) is 5.82 Å². The fraction of sp³-hybridized carbons (Fsp3) is 0.292. The molecule has 0 N–H and O–H groups in total. The van der Waals surface area contributed by atoms with E-state index in [9.17, 15) is 31.1 Å². The Balaban J connectivity index is 1.45. The molecular formula is C24H20F6N4O. The van der Waals surface area contributed by atoms with Crippen molar-refractivity contribution >= 4 is 11.7 Å². The lowest BCUT2D eigenvalue weighted by molar-refractivity contribution is -0.138. The minimum Gasteiger partial charge on any atom is -0.353 e. The van der Waals surface area contributed by atoms with Gasteiger partial charge in [-0.25, -0.2) is 9.97 Å². The van der Waals surface area contributed by atoms with E-state index >= 15 is 0 Å². The lowest BCUT2D eigenvalue weighted by atomic mass is 10.1. The number of alkyl halides is 6. The van der Waals surface area contributed by atoms with E-state index in [-0.39, 0.29) is 17.3 Å². The van der Waals surface area contributed by atoms with Crippen molar-refractivity contribution in [2.75, 3.05) is 31.1 Å². The van der Waals surface area contributed by atoms with Gasteiger partial charge in [0.05, 0.1) is 11.1 Å². The molecule has 0 saturated carbocycles. The van der Waals surface area contributed by atoms with Gasteiger partial charge in [0.1, 0.15) is 5.82 Å². The third-order valence-corrected chi connectivity index (χ3v) is 5.66. The highest BCUT2D eigenvalue weighted by Crippen LogP contribution is 2.31. The van der Waals surface area contributed by atoms with Gasteiger partial charge in [0.25, 0.3) is 5.91 Å². The fourth-order valence-corrected chi connectivity index (χ4v) is 3.77. The van der Waals surface area contributed by atoms with Gasteiger partial charge >= 0.3 is 12.4 Å². The first-order valence-corrected chi connectivity index (χ1v) is 10.7. The summed E-state index contributed by atoms with van der Waals surface area (Å²) >= 11 is 0. The summed E-state index contributed by atoms with van der Waals surface area (Å²) in [6, 6.07) is 10.5. The highest BCUT2D eigenvalue weighted by Gasteiger charge is 2.31. The van der Waals surface area contributed by atoms with E-state index in [1.807, 2.05) is 4.90 Å². The Morgan fingerprint density at radius 3 is 1.80 bits per heavy atom. The van der Waals surface area contributed by atoms with Gasteiger partial charge in [-0.3, -0.25) is 4.79 Å². The van der Waals surface area contributed by atoms with E-state index in [4.69, 9.17) is 0 Å². The molecule has 35 heavy (non-hydrogen) atoms. The largest absolute Gasteiger partial charge is 0.416 e. The summed E-state index contributed by atoms with van der Waals surface area (Å²) in [6.45, 7) is 3.27. The van der Waals surface area contributed by atoms with Crippen LogP contribution >= 0.6 is 0 Å². The lowest BCUT2D eigenvalue weighted by Gasteiger charge is -2.35. The maximum atomic E-state index is 12.8. The van der Waals surface area contributed by atoms with Gasteiger partial charge in [-0.05, 0) is 43.3 Å². The molecule has 0 aliphatic carbocycles. The van der Waals surface area contributed by atoms with Crippen LogP contribution in [-0.4, -0.2) is 47.0 Å². The van der Waals surface area contributed by atoms with E-state index in [2.05, 4.69) is 9.97 Å². The summed E-state index contributed by atoms with van der Waals surface area (Å²) < 4.78 is 76.8. The number of carbonyl (C=O) groups excluding carboxylic acids is 1. The number of aryl methyl sites for hydroxylation is 1. The number of piperazine rings is 1. The molecule has 0 atom stereocenters. The Morgan fingerprint density at radius 1 is 0.771 bits per heavy atom. The number of halogens is 6. The minimum atomic E-state index is -4.47. The maximum absolute atomic E-state index is 12.8. The summed E-state index contributed by atoms with van der Waals surface area (Å²) in [7, 11) is 0. The zero-order chi connectivity index (χ0) is 25.4. The molecule has 1 aliphatic heterocycles. The molecule has 1 amide bonds.